The molecule has 0 heterocycles. The fraction of sp³-hybridized carbons (Fsp3) is 1.00. The van der Waals surface area contributed by atoms with E-state index in [4.69, 9.17) is 5.73 Å². The summed E-state index contributed by atoms with van der Waals surface area (Å²) in [4.78, 5) is 0. The molecule has 0 aromatic rings. The van der Waals surface area contributed by atoms with Gasteiger partial charge in [0.2, 0.25) is 0 Å². The summed E-state index contributed by atoms with van der Waals surface area (Å²) in [6.07, 6.45) is 2.15. The summed E-state index contributed by atoms with van der Waals surface area (Å²) in [6.45, 7) is 0.769. The third-order valence-corrected chi connectivity index (χ3v) is 2.12. The van der Waals surface area contributed by atoms with Crippen LogP contribution in [0, 0.1) is 0 Å². The molecule has 1 atom stereocenters. The summed E-state index contributed by atoms with van der Waals surface area (Å²) in [5, 5.41) is 0.432. The van der Waals surface area contributed by atoms with E-state index in [2.05, 4.69) is 25.3 Å². The summed E-state index contributed by atoms with van der Waals surface area (Å²) in [6, 6.07) is 0. The van der Waals surface area contributed by atoms with Gasteiger partial charge in [-0.25, -0.2) is 0 Å². The number of hydrogen-bond donors (Lipinski definition) is 3. The van der Waals surface area contributed by atoms with Crippen LogP contribution >= 0.6 is 25.3 Å². The Hall–Kier alpha value is 0.660. The minimum Gasteiger partial charge on any atom is -0.330 e. The maximum absolute atomic E-state index is 5.27. The summed E-state index contributed by atoms with van der Waals surface area (Å²) in [5.74, 6) is 0.850. The lowest BCUT2D eigenvalue weighted by Gasteiger charge is -2.03. The van der Waals surface area contributed by atoms with Gasteiger partial charge in [0.15, 0.2) is 0 Å². The molecule has 0 fully saturated rings. The van der Waals surface area contributed by atoms with Crippen LogP contribution in [0.2, 0.25) is 0 Å². The smallest absolute Gasteiger partial charge is 0.0105 e. The number of thiol groups is 2. The fourth-order valence-corrected chi connectivity index (χ4v) is 0.810. The van der Waals surface area contributed by atoms with E-state index < -0.39 is 0 Å². The summed E-state index contributed by atoms with van der Waals surface area (Å²) in [5.41, 5.74) is 5.27. The van der Waals surface area contributed by atoms with E-state index in [1.165, 1.54) is 0 Å². The van der Waals surface area contributed by atoms with Gasteiger partial charge >= 0.3 is 0 Å². The van der Waals surface area contributed by atoms with Crippen molar-refractivity contribution in [3.63, 3.8) is 0 Å². The first-order valence-corrected chi connectivity index (χ1v) is 3.95. The molecule has 50 valence electrons. The zero-order valence-corrected chi connectivity index (χ0v) is 6.67. The molecular weight excluding hydrogens is 138 g/mol. The summed E-state index contributed by atoms with van der Waals surface area (Å²) < 4.78 is 0. The molecule has 0 aliphatic rings. The zero-order chi connectivity index (χ0) is 6.41. The molecule has 3 heteroatoms. The number of rotatable bonds is 4. The molecule has 0 aromatic heterocycles. The van der Waals surface area contributed by atoms with Crippen LogP contribution in [0.5, 0.6) is 0 Å². The van der Waals surface area contributed by atoms with Crippen molar-refractivity contribution < 1.29 is 0 Å². The molecule has 0 saturated carbocycles. The van der Waals surface area contributed by atoms with Gasteiger partial charge in [-0.1, -0.05) is 0 Å². The fourth-order valence-electron chi connectivity index (χ4n) is 0.445. The van der Waals surface area contributed by atoms with E-state index in [0.717, 1.165) is 25.1 Å². The molecule has 0 bridgehead atoms. The first kappa shape index (κ1) is 8.66. The van der Waals surface area contributed by atoms with E-state index in [1.54, 1.807) is 0 Å². The molecule has 0 spiro atoms. The average molecular weight is 151 g/mol. The Kier molecular flexibility index (Phi) is 6.27. The van der Waals surface area contributed by atoms with Crippen molar-refractivity contribution in [3.05, 3.63) is 0 Å². The van der Waals surface area contributed by atoms with Crippen molar-refractivity contribution in [1.82, 2.24) is 0 Å². The number of hydrogen-bond acceptors (Lipinski definition) is 3. The van der Waals surface area contributed by atoms with Crippen LogP contribution < -0.4 is 5.73 Å². The lowest BCUT2D eigenvalue weighted by atomic mass is 10.2. The van der Waals surface area contributed by atoms with Gasteiger partial charge in [-0.05, 0) is 19.4 Å². The van der Waals surface area contributed by atoms with Crippen LogP contribution in [-0.2, 0) is 0 Å². The van der Waals surface area contributed by atoms with Gasteiger partial charge in [-0.2, -0.15) is 25.3 Å². The van der Waals surface area contributed by atoms with E-state index in [-0.39, 0.29) is 0 Å². The molecular formula is C5H13NS2. The van der Waals surface area contributed by atoms with E-state index >= 15 is 0 Å². The second-order valence-corrected chi connectivity index (χ2v) is 2.86. The Morgan fingerprint density at radius 3 is 2.50 bits per heavy atom. The van der Waals surface area contributed by atoms with Crippen LogP contribution in [0.3, 0.4) is 0 Å². The normalized spacial score (nSPS) is 13.9. The SMILES string of the molecule is NCCCC(S)CS. The van der Waals surface area contributed by atoms with Gasteiger partial charge in [0.05, 0.1) is 0 Å². The molecule has 8 heavy (non-hydrogen) atoms. The van der Waals surface area contributed by atoms with E-state index in [9.17, 15) is 0 Å². The highest BCUT2D eigenvalue weighted by atomic mass is 32.1. The maximum atomic E-state index is 5.27. The topological polar surface area (TPSA) is 26.0 Å². The molecule has 1 unspecified atom stereocenters. The maximum Gasteiger partial charge on any atom is 0.0105 e. The molecule has 0 aliphatic carbocycles. The minimum absolute atomic E-state index is 0.432. The van der Waals surface area contributed by atoms with Gasteiger partial charge < -0.3 is 5.73 Å². The van der Waals surface area contributed by atoms with Crippen molar-refractivity contribution in [2.75, 3.05) is 12.3 Å². The minimum atomic E-state index is 0.432. The molecule has 2 N–H and O–H groups in total. The van der Waals surface area contributed by atoms with Crippen molar-refractivity contribution >= 4 is 25.3 Å². The van der Waals surface area contributed by atoms with Gasteiger partial charge in [-0.3, -0.25) is 0 Å². The molecule has 1 nitrogen and oxygen atoms in total. The summed E-state index contributed by atoms with van der Waals surface area (Å²) >= 11 is 8.30. The standard InChI is InChI=1S/C5H13NS2/c6-3-1-2-5(8)4-7/h5,7-8H,1-4,6H2. The predicted molar refractivity (Wildman–Crippen MR) is 44.9 cm³/mol. The Morgan fingerprint density at radius 2 is 2.12 bits per heavy atom. The Labute approximate surface area is 61.8 Å². The van der Waals surface area contributed by atoms with Crippen molar-refractivity contribution in [1.29, 1.82) is 0 Å². The highest BCUT2D eigenvalue weighted by Gasteiger charge is 1.96. The molecule has 0 radical (unpaired) electrons. The zero-order valence-electron chi connectivity index (χ0n) is 4.88. The number of nitrogens with two attached hydrogens (primary N) is 1. The van der Waals surface area contributed by atoms with Gasteiger partial charge in [0.25, 0.3) is 0 Å². The molecule has 0 rings (SSSR count). The average Bonchev–Trinajstić information content (AvgIpc) is 1.83. The van der Waals surface area contributed by atoms with Crippen LogP contribution in [-0.4, -0.2) is 17.5 Å². The van der Waals surface area contributed by atoms with Crippen molar-refractivity contribution in [3.8, 4) is 0 Å². The molecule has 0 aromatic carbocycles. The highest BCUT2D eigenvalue weighted by Crippen LogP contribution is 2.04. The lowest BCUT2D eigenvalue weighted by molar-refractivity contribution is 0.748. The van der Waals surface area contributed by atoms with Gasteiger partial charge in [-0.15, -0.1) is 0 Å². The Balaban J connectivity index is 2.86. The first-order valence-electron chi connectivity index (χ1n) is 2.80. The third-order valence-electron chi connectivity index (χ3n) is 0.952. The van der Waals surface area contributed by atoms with Crippen LogP contribution in [0.25, 0.3) is 0 Å². The monoisotopic (exact) mass is 151 g/mol. The summed E-state index contributed by atoms with van der Waals surface area (Å²) in [7, 11) is 0. The van der Waals surface area contributed by atoms with Gasteiger partial charge in [0, 0.05) is 11.0 Å². The third kappa shape index (κ3) is 4.81. The molecule has 0 saturated heterocycles. The Bertz CT molecular complexity index is 49.7. The lowest BCUT2D eigenvalue weighted by Crippen LogP contribution is -2.05. The van der Waals surface area contributed by atoms with Crippen molar-refractivity contribution in [2.45, 2.75) is 18.1 Å². The molecule has 0 aliphatic heterocycles. The second kappa shape index (κ2) is 5.79. The van der Waals surface area contributed by atoms with Crippen molar-refractivity contribution in [2.24, 2.45) is 5.73 Å². The Morgan fingerprint density at radius 1 is 1.50 bits per heavy atom. The quantitative estimate of drug-likeness (QED) is 0.513. The molecule has 0 amide bonds. The van der Waals surface area contributed by atoms with Crippen LogP contribution in [0.15, 0.2) is 0 Å². The predicted octanol–water partition coefficient (Wildman–Crippen LogP) is 0.954. The highest BCUT2D eigenvalue weighted by molar-refractivity contribution is 7.84. The van der Waals surface area contributed by atoms with Crippen LogP contribution in [0.4, 0.5) is 0 Å². The first-order chi connectivity index (χ1) is 3.81. The van der Waals surface area contributed by atoms with Gasteiger partial charge in [0.1, 0.15) is 0 Å². The van der Waals surface area contributed by atoms with E-state index in [0.29, 0.717) is 5.25 Å². The van der Waals surface area contributed by atoms with E-state index in [1.807, 2.05) is 0 Å². The second-order valence-electron chi connectivity index (χ2n) is 1.77. The van der Waals surface area contributed by atoms with Crippen LogP contribution in [0.1, 0.15) is 12.8 Å². The largest absolute Gasteiger partial charge is 0.330 e.